The van der Waals surface area contributed by atoms with E-state index in [-0.39, 0.29) is 18.0 Å². The van der Waals surface area contributed by atoms with Crippen molar-refractivity contribution in [2.24, 2.45) is 0 Å². The predicted octanol–water partition coefficient (Wildman–Crippen LogP) is 1.84. The molecule has 0 atom stereocenters. The molecule has 0 unspecified atom stereocenters. The number of hydrogen-bond donors (Lipinski definition) is 1. The third-order valence-corrected chi connectivity index (χ3v) is 4.64. The Morgan fingerprint density at radius 1 is 1.35 bits per heavy atom. The monoisotopic (exact) mass is 321 g/mol. The van der Waals surface area contributed by atoms with E-state index in [9.17, 15) is 8.42 Å². The summed E-state index contributed by atoms with van der Waals surface area (Å²) in [4.78, 5) is 0.244. The van der Waals surface area contributed by atoms with Gasteiger partial charge in [-0.2, -0.15) is 4.31 Å². The van der Waals surface area contributed by atoms with Gasteiger partial charge in [-0.3, -0.25) is 0 Å². The van der Waals surface area contributed by atoms with Crippen LogP contribution in [0.4, 0.5) is 0 Å². The van der Waals surface area contributed by atoms with Crippen LogP contribution in [0.3, 0.4) is 0 Å². The molecule has 17 heavy (non-hydrogen) atoms. The molecule has 0 aliphatic rings. The molecule has 1 rings (SSSR count). The first-order valence-corrected chi connectivity index (χ1v) is 7.62. The Morgan fingerprint density at radius 3 is 2.59 bits per heavy atom. The van der Waals surface area contributed by atoms with Gasteiger partial charge in [-0.15, -0.1) is 0 Å². The molecule has 4 nitrogen and oxygen atoms in total. The van der Waals surface area contributed by atoms with Gasteiger partial charge in [-0.1, -0.05) is 28.9 Å². The molecule has 0 aromatic heterocycles. The zero-order valence-corrected chi connectivity index (χ0v) is 12.0. The normalized spacial score (nSPS) is 12.0. The summed E-state index contributed by atoms with van der Waals surface area (Å²) in [5.74, 6) is 0. The fourth-order valence-corrected chi connectivity index (χ4v) is 3.61. The molecule has 0 bridgehead atoms. The number of benzene rings is 1. The Labute approximate surface area is 110 Å². The van der Waals surface area contributed by atoms with Crippen LogP contribution in [-0.2, 0) is 10.0 Å². The van der Waals surface area contributed by atoms with Crippen molar-refractivity contribution in [1.82, 2.24) is 4.31 Å². The zero-order chi connectivity index (χ0) is 12.9. The molecule has 6 heteroatoms. The third-order valence-electron chi connectivity index (χ3n) is 2.26. The molecule has 0 saturated carbocycles. The summed E-state index contributed by atoms with van der Waals surface area (Å²) >= 11 is 3.25. The lowest BCUT2D eigenvalue weighted by Gasteiger charge is -2.20. The summed E-state index contributed by atoms with van der Waals surface area (Å²) in [6.45, 7) is 2.27. The predicted molar refractivity (Wildman–Crippen MR) is 70.3 cm³/mol. The second kappa shape index (κ2) is 6.49. The number of aliphatic hydroxyl groups is 1. The highest BCUT2D eigenvalue weighted by Crippen LogP contribution is 2.19. The van der Waals surface area contributed by atoms with E-state index in [1.807, 2.05) is 6.92 Å². The van der Waals surface area contributed by atoms with Gasteiger partial charge < -0.3 is 5.11 Å². The standard InChI is InChI=1S/C11H16BrNO3S/c1-2-6-13(7-8-14)17(15,16)11-5-3-4-10(12)9-11/h3-5,9,14H,2,6-8H2,1H3. The van der Waals surface area contributed by atoms with Crippen LogP contribution in [-0.4, -0.2) is 37.5 Å². The van der Waals surface area contributed by atoms with Gasteiger partial charge in [0.15, 0.2) is 0 Å². The first-order chi connectivity index (χ1) is 8.02. The lowest BCUT2D eigenvalue weighted by atomic mass is 10.4. The Bertz CT molecular complexity index is 456. The fourth-order valence-electron chi connectivity index (χ4n) is 1.49. The molecule has 1 N–H and O–H groups in total. The topological polar surface area (TPSA) is 57.6 Å². The molecule has 96 valence electrons. The van der Waals surface area contributed by atoms with Crippen LogP contribution in [0.15, 0.2) is 33.6 Å². The average Bonchev–Trinajstić information content (AvgIpc) is 2.29. The van der Waals surface area contributed by atoms with E-state index in [1.165, 1.54) is 4.31 Å². The quantitative estimate of drug-likeness (QED) is 0.869. The van der Waals surface area contributed by atoms with Crippen molar-refractivity contribution in [3.05, 3.63) is 28.7 Å². The molecule has 0 saturated heterocycles. The van der Waals surface area contributed by atoms with E-state index < -0.39 is 10.0 Å². The van der Waals surface area contributed by atoms with Crippen LogP contribution in [0.25, 0.3) is 0 Å². The number of sulfonamides is 1. The van der Waals surface area contributed by atoms with E-state index in [0.717, 1.165) is 4.47 Å². The van der Waals surface area contributed by atoms with Gasteiger partial charge in [0, 0.05) is 17.6 Å². The first kappa shape index (κ1) is 14.6. The van der Waals surface area contributed by atoms with Crippen molar-refractivity contribution in [2.75, 3.05) is 19.7 Å². The molecule has 0 spiro atoms. The van der Waals surface area contributed by atoms with E-state index in [2.05, 4.69) is 15.9 Å². The minimum absolute atomic E-state index is 0.128. The Morgan fingerprint density at radius 2 is 2.06 bits per heavy atom. The van der Waals surface area contributed by atoms with Crippen LogP contribution >= 0.6 is 15.9 Å². The molecule has 0 fully saturated rings. The second-order valence-corrected chi connectivity index (χ2v) is 6.44. The summed E-state index contributed by atoms with van der Waals surface area (Å²) in [6.07, 6.45) is 0.716. The Hall–Kier alpha value is -0.430. The molecular weight excluding hydrogens is 306 g/mol. The molecule has 0 aliphatic carbocycles. The van der Waals surface area contributed by atoms with Crippen LogP contribution in [0.1, 0.15) is 13.3 Å². The highest BCUT2D eigenvalue weighted by atomic mass is 79.9. The number of rotatable bonds is 6. The molecule has 0 heterocycles. The molecule has 0 aliphatic heterocycles. The van der Waals surface area contributed by atoms with E-state index in [1.54, 1.807) is 24.3 Å². The largest absolute Gasteiger partial charge is 0.395 e. The van der Waals surface area contributed by atoms with E-state index in [4.69, 9.17) is 5.11 Å². The summed E-state index contributed by atoms with van der Waals surface area (Å²) in [5.41, 5.74) is 0. The SMILES string of the molecule is CCCN(CCO)S(=O)(=O)c1cccc(Br)c1. The molecule has 1 aromatic rings. The van der Waals surface area contributed by atoms with Gasteiger partial charge in [0.1, 0.15) is 0 Å². The van der Waals surface area contributed by atoms with Gasteiger partial charge >= 0.3 is 0 Å². The Kier molecular flexibility index (Phi) is 5.58. The number of halogens is 1. The second-order valence-electron chi connectivity index (χ2n) is 3.59. The van der Waals surface area contributed by atoms with Gasteiger partial charge in [-0.05, 0) is 24.6 Å². The number of nitrogens with zero attached hydrogens (tertiary/aromatic N) is 1. The van der Waals surface area contributed by atoms with Gasteiger partial charge in [0.05, 0.1) is 11.5 Å². The first-order valence-electron chi connectivity index (χ1n) is 5.39. The van der Waals surface area contributed by atoms with E-state index in [0.29, 0.717) is 13.0 Å². The van der Waals surface area contributed by atoms with E-state index >= 15 is 0 Å². The van der Waals surface area contributed by atoms with Crippen LogP contribution in [0, 0.1) is 0 Å². The molecule has 0 amide bonds. The van der Waals surface area contributed by atoms with Crippen molar-refractivity contribution in [3.63, 3.8) is 0 Å². The minimum Gasteiger partial charge on any atom is -0.395 e. The van der Waals surface area contributed by atoms with Crippen LogP contribution in [0.2, 0.25) is 0 Å². The van der Waals surface area contributed by atoms with Crippen molar-refractivity contribution in [2.45, 2.75) is 18.2 Å². The third kappa shape index (κ3) is 3.77. The van der Waals surface area contributed by atoms with Crippen LogP contribution < -0.4 is 0 Å². The van der Waals surface area contributed by atoms with Gasteiger partial charge in [0.2, 0.25) is 10.0 Å². The maximum atomic E-state index is 12.3. The molecule has 1 aromatic carbocycles. The van der Waals surface area contributed by atoms with Crippen LogP contribution in [0.5, 0.6) is 0 Å². The van der Waals surface area contributed by atoms with Crippen molar-refractivity contribution >= 4 is 26.0 Å². The summed E-state index contributed by atoms with van der Waals surface area (Å²) in [5, 5.41) is 8.91. The molecular formula is C11H16BrNO3S. The average molecular weight is 322 g/mol. The number of hydrogen-bond acceptors (Lipinski definition) is 3. The van der Waals surface area contributed by atoms with Gasteiger partial charge in [-0.25, -0.2) is 8.42 Å². The van der Waals surface area contributed by atoms with Crippen molar-refractivity contribution < 1.29 is 13.5 Å². The van der Waals surface area contributed by atoms with Crippen molar-refractivity contribution in [1.29, 1.82) is 0 Å². The summed E-state index contributed by atoms with van der Waals surface area (Å²) in [6, 6.07) is 6.57. The fraction of sp³-hybridized carbons (Fsp3) is 0.455. The molecule has 0 radical (unpaired) electrons. The minimum atomic E-state index is -3.50. The highest BCUT2D eigenvalue weighted by Gasteiger charge is 2.23. The van der Waals surface area contributed by atoms with Crippen molar-refractivity contribution in [3.8, 4) is 0 Å². The lowest BCUT2D eigenvalue weighted by Crippen LogP contribution is -2.34. The maximum absolute atomic E-state index is 12.3. The smallest absolute Gasteiger partial charge is 0.243 e. The summed E-state index contributed by atoms with van der Waals surface area (Å²) in [7, 11) is -3.50. The lowest BCUT2D eigenvalue weighted by molar-refractivity contribution is 0.253. The maximum Gasteiger partial charge on any atom is 0.243 e. The van der Waals surface area contributed by atoms with Gasteiger partial charge in [0.25, 0.3) is 0 Å². The number of aliphatic hydroxyl groups excluding tert-OH is 1. The zero-order valence-electron chi connectivity index (χ0n) is 9.63. The highest BCUT2D eigenvalue weighted by molar-refractivity contribution is 9.10. The summed E-state index contributed by atoms with van der Waals surface area (Å²) < 4.78 is 26.5. The Balaban J connectivity index is 3.07.